The molecule has 0 unspecified atom stereocenters. The maximum absolute atomic E-state index is 13.1. The summed E-state index contributed by atoms with van der Waals surface area (Å²) in [5.41, 5.74) is 5.41. The van der Waals surface area contributed by atoms with E-state index in [1.807, 2.05) is 30.3 Å². The maximum Gasteiger partial charge on any atom is 0.297 e. The molecule has 5 rings (SSSR count). The molecule has 0 atom stereocenters. The zero-order valence-electron chi connectivity index (χ0n) is 18.4. The largest absolute Gasteiger partial charge is 0.430 e. The van der Waals surface area contributed by atoms with Crippen molar-refractivity contribution < 1.29 is 9.21 Å². The van der Waals surface area contributed by atoms with Crippen LogP contribution in [0.15, 0.2) is 45.9 Å². The van der Waals surface area contributed by atoms with Crippen molar-refractivity contribution in [3.8, 4) is 0 Å². The van der Waals surface area contributed by atoms with Gasteiger partial charge in [0.1, 0.15) is 12.1 Å². The van der Waals surface area contributed by atoms with Crippen LogP contribution in [-0.2, 0) is 37.1 Å². The number of carbonyl (C=O) groups is 1. The number of aryl methyl sites for hydroxylation is 1. The number of hydrogen-bond donors (Lipinski definition) is 1. The first-order valence-electron chi connectivity index (χ1n) is 11.1. The summed E-state index contributed by atoms with van der Waals surface area (Å²) >= 11 is 0. The Morgan fingerprint density at radius 3 is 2.75 bits per heavy atom. The molecule has 7 heteroatoms. The number of nitrogens with one attached hydrogen (secondary N) is 1. The third-order valence-electron chi connectivity index (χ3n) is 6.00. The highest BCUT2D eigenvalue weighted by molar-refractivity contribution is 6.03. The predicted octanol–water partition coefficient (Wildman–Crippen LogP) is 3.54. The van der Waals surface area contributed by atoms with Crippen molar-refractivity contribution in [3.63, 3.8) is 0 Å². The van der Waals surface area contributed by atoms with Crippen molar-refractivity contribution in [2.75, 3.05) is 0 Å². The van der Waals surface area contributed by atoms with Crippen LogP contribution < -0.4 is 10.9 Å². The second-order valence-electron chi connectivity index (χ2n) is 8.87. The number of rotatable bonds is 6. The highest BCUT2D eigenvalue weighted by atomic mass is 16.3. The molecule has 0 spiro atoms. The van der Waals surface area contributed by atoms with Gasteiger partial charge in [0.2, 0.25) is 17.2 Å². The summed E-state index contributed by atoms with van der Waals surface area (Å²) in [6.45, 7) is 4.64. The fraction of sp³-hybridized carbons (Fsp3) is 0.360. The van der Waals surface area contributed by atoms with Gasteiger partial charge in [0.25, 0.3) is 5.56 Å². The summed E-state index contributed by atoms with van der Waals surface area (Å²) in [6, 6.07) is 9.64. The molecular formula is C25H26N4O3. The number of furan rings is 1. The summed E-state index contributed by atoms with van der Waals surface area (Å²) in [7, 11) is 0. The number of hydrogen-bond acceptors (Lipinski definition) is 5. The van der Waals surface area contributed by atoms with Crippen LogP contribution in [0.1, 0.15) is 42.7 Å². The third kappa shape index (κ3) is 3.68. The van der Waals surface area contributed by atoms with E-state index in [1.54, 1.807) is 0 Å². The summed E-state index contributed by atoms with van der Waals surface area (Å²) in [5.74, 6) is 0.227. The minimum atomic E-state index is -0.361. The first-order valence-corrected chi connectivity index (χ1v) is 11.1. The molecular weight excluding hydrogens is 404 g/mol. The molecule has 0 radical (unpaired) electrons. The zero-order valence-corrected chi connectivity index (χ0v) is 18.4. The second-order valence-corrected chi connectivity index (χ2v) is 8.87. The van der Waals surface area contributed by atoms with E-state index in [9.17, 15) is 9.59 Å². The van der Waals surface area contributed by atoms with E-state index in [4.69, 9.17) is 9.40 Å². The quantitative estimate of drug-likeness (QED) is 0.505. The standard InChI is InChI=1S/C25H26N4O3/c1-15(2)11-19-17-9-6-10-18(17)21-22-23(32-24(21)28-19)25(31)29(14-27-22)13-20(30)26-12-16-7-4-3-5-8-16/h3-5,7-8,14-15H,6,9-13H2,1-2H3,(H,26,30). The van der Waals surface area contributed by atoms with Crippen LogP contribution in [0.25, 0.3) is 22.2 Å². The van der Waals surface area contributed by atoms with Crippen LogP contribution in [0.2, 0.25) is 0 Å². The van der Waals surface area contributed by atoms with Gasteiger partial charge in [-0.25, -0.2) is 9.97 Å². The number of benzene rings is 1. The van der Waals surface area contributed by atoms with E-state index in [-0.39, 0.29) is 23.6 Å². The Bertz CT molecular complexity index is 1370. The maximum atomic E-state index is 13.1. The average molecular weight is 431 g/mol. The van der Waals surface area contributed by atoms with E-state index in [0.29, 0.717) is 23.7 Å². The fourth-order valence-electron chi connectivity index (χ4n) is 4.54. The number of aromatic nitrogens is 3. The number of nitrogens with zero attached hydrogens (tertiary/aromatic N) is 3. The highest BCUT2D eigenvalue weighted by Crippen LogP contribution is 2.36. The Balaban J connectivity index is 1.48. The molecule has 32 heavy (non-hydrogen) atoms. The average Bonchev–Trinajstić information content (AvgIpc) is 3.40. The molecule has 1 N–H and O–H groups in total. The summed E-state index contributed by atoms with van der Waals surface area (Å²) in [4.78, 5) is 34.8. The van der Waals surface area contributed by atoms with E-state index in [0.717, 1.165) is 42.3 Å². The van der Waals surface area contributed by atoms with Gasteiger partial charge in [-0.1, -0.05) is 44.2 Å². The molecule has 1 amide bonds. The van der Waals surface area contributed by atoms with Crippen molar-refractivity contribution in [1.29, 1.82) is 0 Å². The lowest BCUT2D eigenvalue weighted by Gasteiger charge is -2.10. The lowest BCUT2D eigenvalue weighted by atomic mass is 9.99. The first-order chi connectivity index (χ1) is 15.5. The second kappa shape index (κ2) is 8.22. The van der Waals surface area contributed by atoms with Crippen molar-refractivity contribution in [2.24, 2.45) is 5.92 Å². The van der Waals surface area contributed by atoms with Gasteiger partial charge in [-0.2, -0.15) is 0 Å². The molecule has 0 aliphatic heterocycles. The van der Waals surface area contributed by atoms with Crippen molar-refractivity contribution in [2.45, 2.75) is 52.6 Å². The molecule has 164 valence electrons. The van der Waals surface area contributed by atoms with E-state index in [2.05, 4.69) is 24.1 Å². The summed E-state index contributed by atoms with van der Waals surface area (Å²) in [5, 5.41) is 3.70. The smallest absolute Gasteiger partial charge is 0.297 e. The number of pyridine rings is 1. The van der Waals surface area contributed by atoms with Crippen molar-refractivity contribution >= 4 is 28.1 Å². The molecule has 0 fully saturated rings. The van der Waals surface area contributed by atoms with Gasteiger partial charge in [-0.15, -0.1) is 0 Å². The van der Waals surface area contributed by atoms with Crippen LogP contribution >= 0.6 is 0 Å². The Morgan fingerprint density at radius 1 is 1.19 bits per heavy atom. The molecule has 1 aromatic carbocycles. The molecule has 4 aromatic rings. The van der Waals surface area contributed by atoms with Crippen LogP contribution in [0, 0.1) is 5.92 Å². The fourth-order valence-corrected chi connectivity index (χ4v) is 4.54. The molecule has 1 aliphatic carbocycles. The third-order valence-corrected chi connectivity index (χ3v) is 6.00. The Hall–Kier alpha value is -3.48. The zero-order chi connectivity index (χ0) is 22.2. The predicted molar refractivity (Wildman–Crippen MR) is 122 cm³/mol. The van der Waals surface area contributed by atoms with Crippen LogP contribution in [0.3, 0.4) is 0 Å². The minimum absolute atomic E-state index is 0.115. The minimum Gasteiger partial charge on any atom is -0.430 e. The molecule has 0 saturated heterocycles. The summed E-state index contributed by atoms with van der Waals surface area (Å²) in [6.07, 6.45) is 5.35. The van der Waals surface area contributed by atoms with E-state index < -0.39 is 0 Å². The number of amides is 1. The Kier molecular flexibility index (Phi) is 5.25. The van der Waals surface area contributed by atoms with Crippen LogP contribution in [0.5, 0.6) is 0 Å². The lowest BCUT2D eigenvalue weighted by molar-refractivity contribution is -0.121. The molecule has 3 heterocycles. The van der Waals surface area contributed by atoms with Gasteiger partial charge >= 0.3 is 0 Å². The monoisotopic (exact) mass is 430 g/mol. The number of carbonyl (C=O) groups excluding carboxylic acids is 1. The summed E-state index contributed by atoms with van der Waals surface area (Å²) < 4.78 is 7.24. The van der Waals surface area contributed by atoms with Gasteiger partial charge in [-0.05, 0) is 48.3 Å². The van der Waals surface area contributed by atoms with Crippen LogP contribution in [-0.4, -0.2) is 20.4 Å². The normalized spacial score (nSPS) is 13.2. The van der Waals surface area contributed by atoms with Gasteiger partial charge in [0.05, 0.1) is 11.7 Å². The molecule has 7 nitrogen and oxygen atoms in total. The van der Waals surface area contributed by atoms with Crippen molar-refractivity contribution in [3.05, 3.63) is 69.4 Å². The Labute approximate surface area is 185 Å². The lowest BCUT2D eigenvalue weighted by Crippen LogP contribution is -2.32. The topological polar surface area (TPSA) is 90.0 Å². The molecule has 0 bridgehead atoms. The van der Waals surface area contributed by atoms with Crippen molar-refractivity contribution in [1.82, 2.24) is 19.9 Å². The highest BCUT2D eigenvalue weighted by Gasteiger charge is 2.26. The van der Waals surface area contributed by atoms with Gasteiger partial charge < -0.3 is 9.73 Å². The number of fused-ring (bicyclic) bond motifs is 5. The van der Waals surface area contributed by atoms with E-state index >= 15 is 0 Å². The van der Waals surface area contributed by atoms with Gasteiger partial charge in [-0.3, -0.25) is 14.2 Å². The first kappa shape index (κ1) is 20.4. The molecule has 1 aliphatic rings. The molecule has 0 saturated carbocycles. The van der Waals surface area contributed by atoms with Crippen LogP contribution in [0.4, 0.5) is 0 Å². The van der Waals surface area contributed by atoms with Gasteiger partial charge in [0.15, 0.2) is 0 Å². The molecule has 3 aromatic heterocycles. The van der Waals surface area contributed by atoms with E-state index in [1.165, 1.54) is 22.0 Å². The Morgan fingerprint density at radius 2 is 1.97 bits per heavy atom. The van der Waals surface area contributed by atoms with Gasteiger partial charge in [0, 0.05) is 12.2 Å². The SMILES string of the molecule is CC(C)Cc1nc2oc3c(=O)n(CC(=O)NCc4ccccc4)cnc3c2c2c1CCC2.